The van der Waals surface area contributed by atoms with Gasteiger partial charge in [0.25, 0.3) is 5.91 Å². The summed E-state index contributed by atoms with van der Waals surface area (Å²) in [6, 6.07) is 5.29. The van der Waals surface area contributed by atoms with Gasteiger partial charge in [-0.15, -0.1) is 0 Å². The topological polar surface area (TPSA) is 78.6 Å². The van der Waals surface area contributed by atoms with Crippen LogP contribution in [0.2, 0.25) is 0 Å². The Hall–Kier alpha value is -1.75. The number of nitrogens with zero attached hydrogens (tertiary/aromatic N) is 1. The van der Waals surface area contributed by atoms with Gasteiger partial charge >= 0.3 is 0 Å². The first kappa shape index (κ1) is 14.7. The highest BCUT2D eigenvalue weighted by Crippen LogP contribution is 2.40. The van der Waals surface area contributed by atoms with Gasteiger partial charge in [-0.3, -0.25) is 4.79 Å². The van der Waals surface area contributed by atoms with Gasteiger partial charge in [0.2, 0.25) is 0 Å². The van der Waals surface area contributed by atoms with Crippen LogP contribution in [-0.2, 0) is 0 Å². The van der Waals surface area contributed by atoms with Crippen molar-refractivity contribution in [3.05, 3.63) is 23.8 Å². The first-order chi connectivity index (χ1) is 9.23. The van der Waals surface area contributed by atoms with Crippen LogP contribution in [0.1, 0.15) is 30.6 Å². The third-order valence-corrected chi connectivity index (χ3v) is 4.27. The van der Waals surface area contributed by atoms with E-state index in [-0.39, 0.29) is 23.5 Å². The molecule has 0 radical (unpaired) electrons. The Labute approximate surface area is 119 Å². The molecule has 1 saturated carbocycles. The lowest BCUT2D eigenvalue weighted by molar-refractivity contribution is -0.0689. The molecule has 0 heterocycles. The van der Waals surface area contributed by atoms with E-state index < -0.39 is 0 Å². The van der Waals surface area contributed by atoms with E-state index in [1.165, 1.54) is 0 Å². The number of rotatable bonds is 3. The minimum absolute atomic E-state index is 0.0126. The van der Waals surface area contributed by atoms with Crippen LogP contribution in [0.25, 0.3) is 0 Å². The maximum absolute atomic E-state index is 12.4. The fourth-order valence-corrected chi connectivity index (χ4v) is 2.51. The molecular formula is C15H23N3O2. The number of hydrogen-bond donors (Lipinski definition) is 3. The maximum Gasteiger partial charge on any atom is 0.253 e. The Balaban J connectivity index is 2.20. The van der Waals surface area contributed by atoms with Crippen LogP contribution in [-0.4, -0.2) is 37.3 Å². The van der Waals surface area contributed by atoms with E-state index in [2.05, 4.69) is 5.32 Å². The summed E-state index contributed by atoms with van der Waals surface area (Å²) < 4.78 is 0. The number of anilines is 2. The molecule has 0 bridgehead atoms. The van der Waals surface area contributed by atoms with Crippen LogP contribution in [0.5, 0.6) is 0 Å². The highest BCUT2D eigenvalue weighted by atomic mass is 16.3. The molecule has 1 aliphatic rings. The second kappa shape index (κ2) is 4.98. The molecule has 0 aliphatic heterocycles. The maximum atomic E-state index is 12.4. The first-order valence-corrected chi connectivity index (χ1v) is 6.79. The van der Waals surface area contributed by atoms with E-state index >= 15 is 0 Å². The fourth-order valence-electron chi connectivity index (χ4n) is 2.51. The summed E-state index contributed by atoms with van der Waals surface area (Å²) in [6.07, 6.45) is 0.236. The number of aliphatic hydroxyl groups excluding tert-OH is 1. The van der Waals surface area contributed by atoms with Crippen LogP contribution in [0, 0.1) is 5.41 Å². The Kier molecular flexibility index (Phi) is 3.65. The lowest BCUT2D eigenvalue weighted by atomic mass is 9.64. The smallest absolute Gasteiger partial charge is 0.253 e. The number of benzene rings is 1. The molecule has 5 nitrogen and oxygen atoms in total. The lowest BCUT2D eigenvalue weighted by Gasteiger charge is -2.49. The number of amides is 1. The highest BCUT2D eigenvalue weighted by molar-refractivity contribution is 6.01. The Morgan fingerprint density at radius 3 is 2.60 bits per heavy atom. The molecule has 20 heavy (non-hydrogen) atoms. The minimum Gasteiger partial charge on any atom is -0.399 e. The number of nitrogen functional groups attached to an aromatic ring is 1. The quantitative estimate of drug-likeness (QED) is 0.726. The average molecular weight is 277 g/mol. The van der Waals surface area contributed by atoms with Crippen molar-refractivity contribution in [3.8, 4) is 0 Å². The van der Waals surface area contributed by atoms with E-state index in [0.29, 0.717) is 17.7 Å². The molecule has 4 N–H and O–H groups in total. The van der Waals surface area contributed by atoms with Crippen molar-refractivity contribution in [2.45, 2.75) is 32.4 Å². The van der Waals surface area contributed by atoms with E-state index in [0.717, 1.165) is 5.69 Å². The standard InChI is InChI=1S/C15H23N3O2/c1-15(2)12(8-13(15)19)17-14(20)10-7-9(16)5-6-11(10)18(3)4/h5-7,12-13,19H,8,16H2,1-4H3,(H,17,20). The van der Waals surface area contributed by atoms with Crippen LogP contribution in [0.3, 0.4) is 0 Å². The van der Waals surface area contributed by atoms with Gasteiger partial charge in [0, 0.05) is 36.9 Å². The van der Waals surface area contributed by atoms with Gasteiger partial charge in [0.05, 0.1) is 11.7 Å². The van der Waals surface area contributed by atoms with Crippen LogP contribution >= 0.6 is 0 Å². The monoisotopic (exact) mass is 277 g/mol. The largest absolute Gasteiger partial charge is 0.399 e. The van der Waals surface area contributed by atoms with Gasteiger partial charge in [0.1, 0.15) is 0 Å². The average Bonchev–Trinajstić information content (AvgIpc) is 2.37. The number of nitrogens with one attached hydrogen (secondary N) is 1. The number of carbonyl (C=O) groups is 1. The zero-order valence-electron chi connectivity index (χ0n) is 12.5. The van der Waals surface area contributed by atoms with Crippen LogP contribution in [0.4, 0.5) is 11.4 Å². The third-order valence-electron chi connectivity index (χ3n) is 4.27. The van der Waals surface area contributed by atoms with E-state index in [9.17, 15) is 9.90 Å². The van der Waals surface area contributed by atoms with Crippen molar-refractivity contribution in [3.63, 3.8) is 0 Å². The molecule has 110 valence electrons. The third kappa shape index (κ3) is 2.45. The van der Waals surface area contributed by atoms with Gasteiger partial charge in [-0.1, -0.05) is 13.8 Å². The van der Waals surface area contributed by atoms with Gasteiger partial charge < -0.3 is 21.1 Å². The summed E-state index contributed by atoms with van der Waals surface area (Å²) in [5.41, 5.74) is 7.45. The molecule has 1 aromatic carbocycles. The van der Waals surface area contributed by atoms with Gasteiger partial charge in [0.15, 0.2) is 0 Å². The van der Waals surface area contributed by atoms with Crippen molar-refractivity contribution in [2.75, 3.05) is 24.7 Å². The second-order valence-electron chi connectivity index (χ2n) is 6.27. The number of hydrogen-bond acceptors (Lipinski definition) is 4. The van der Waals surface area contributed by atoms with Crippen molar-refractivity contribution in [1.82, 2.24) is 5.32 Å². The zero-order chi connectivity index (χ0) is 15.1. The summed E-state index contributed by atoms with van der Waals surface area (Å²) in [4.78, 5) is 14.3. The molecular weight excluding hydrogens is 254 g/mol. The van der Waals surface area contributed by atoms with Gasteiger partial charge in [-0.25, -0.2) is 0 Å². The number of aliphatic hydroxyl groups is 1. The van der Waals surface area contributed by atoms with E-state index in [1.807, 2.05) is 38.9 Å². The van der Waals surface area contributed by atoms with Crippen molar-refractivity contribution >= 4 is 17.3 Å². The predicted molar refractivity (Wildman–Crippen MR) is 80.8 cm³/mol. The highest BCUT2D eigenvalue weighted by Gasteiger charge is 2.48. The van der Waals surface area contributed by atoms with Gasteiger partial charge in [-0.2, -0.15) is 0 Å². The predicted octanol–water partition coefficient (Wildman–Crippen LogP) is 1.22. The van der Waals surface area contributed by atoms with E-state index in [4.69, 9.17) is 5.73 Å². The summed E-state index contributed by atoms with van der Waals surface area (Å²) in [5.74, 6) is -0.147. The Morgan fingerprint density at radius 2 is 2.10 bits per heavy atom. The first-order valence-electron chi connectivity index (χ1n) is 6.79. The molecule has 2 rings (SSSR count). The van der Waals surface area contributed by atoms with Crippen molar-refractivity contribution in [2.24, 2.45) is 5.41 Å². The van der Waals surface area contributed by atoms with Crippen molar-refractivity contribution < 1.29 is 9.90 Å². The fraction of sp³-hybridized carbons (Fsp3) is 0.533. The number of carbonyl (C=O) groups excluding carboxylic acids is 1. The normalized spacial score (nSPS) is 23.9. The number of nitrogens with two attached hydrogens (primary N) is 1. The molecule has 5 heteroatoms. The molecule has 1 fully saturated rings. The molecule has 2 unspecified atom stereocenters. The molecule has 1 aliphatic carbocycles. The lowest BCUT2D eigenvalue weighted by Crippen LogP contribution is -2.61. The second-order valence-corrected chi connectivity index (χ2v) is 6.27. The summed E-state index contributed by atoms with van der Waals surface area (Å²) in [7, 11) is 3.78. The van der Waals surface area contributed by atoms with Gasteiger partial charge in [-0.05, 0) is 24.6 Å². The molecule has 1 amide bonds. The molecule has 0 spiro atoms. The minimum atomic E-state index is -0.359. The SMILES string of the molecule is CN(C)c1ccc(N)cc1C(=O)NC1CC(O)C1(C)C. The summed E-state index contributed by atoms with van der Waals surface area (Å²) in [5, 5.41) is 12.7. The molecule has 0 aromatic heterocycles. The Morgan fingerprint density at radius 1 is 1.45 bits per heavy atom. The zero-order valence-corrected chi connectivity index (χ0v) is 12.5. The summed E-state index contributed by atoms with van der Waals surface area (Å²) >= 11 is 0. The molecule has 2 atom stereocenters. The van der Waals surface area contributed by atoms with Crippen LogP contribution < -0.4 is 16.0 Å². The molecule has 0 saturated heterocycles. The molecule has 1 aromatic rings. The Bertz CT molecular complexity index is 526. The van der Waals surface area contributed by atoms with Crippen LogP contribution in [0.15, 0.2) is 18.2 Å². The van der Waals surface area contributed by atoms with E-state index in [1.54, 1.807) is 12.1 Å². The summed E-state index contributed by atoms with van der Waals surface area (Å²) in [6.45, 7) is 3.91. The van der Waals surface area contributed by atoms with Crippen molar-refractivity contribution in [1.29, 1.82) is 0 Å².